The minimum absolute atomic E-state index is 0.340. The van der Waals surface area contributed by atoms with Crippen LogP contribution in [0.2, 0.25) is 0 Å². The van der Waals surface area contributed by atoms with Crippen LogP contribution in [0.3, 0.4) is 0 Å². The molecule has 1 rings (SSSR count). The second-order valence-electron chi connectivity index (χ2n) is 1.94. The predicted molar refractivity (Wildman–Crippen MR) is 50.3 cm³/mol. The predicted octanol–water partition coefficient (Wildman–Crippen LogP) is 1.10. The van der Waals surface area contributed by atoms with E-state index in [2.05, 4.69) is 9.71 Å². The van der Waals surface area contributed by atoms with E-state index in [1.54, 1.807) is 18.2 Å². The highest BCUT2D eigenvalue weighted by Gasteiger charge is 2.06. The van der Waals surface area contributed by atoms with Gasteiger partial charge in [-0.05, 0) is 29.2 Å². The summed E-state index contributed by atoms with van der Waals surface area (Å²) < 4.78 is 24.3. The van der Waals surface area contributed by atoms with Crippen LogP contribution < -0.4 is 4.72 Å². The van der Waals surface area contributed by atoms with E-state index >= 15 is 0 Å². The molecule has 0 aromatic carbocycles. The molecular weight excluding hydrogens is 196 g/mol. The van der Waals surface area contributed by atoms with E-state index in [4.69, 9.17) is 0 Å². The Bertz CT molecular complexity index is 336. The third kappa shape index (κ3) is 2.71. The van der Waals surface area contributed by atoms with E-state index in [-0.39, 0.29) is 0 Å². The lowest BCUT2D eigenvalue weighted by Gasteiger charge is -2.02. The lowest BCUT2D eigenvalue weighted by atomic mass is 10.5. The first kappa shape index (κ1) is 9.34. The Morgan fingerprint density at radius 2 is 2.25 bits per heavy atom. The molecule has 4 nitrogen and oxygen atoms in total. The maximum atomic E-state index is 11.0. The van der Waals surface area contributed by atoms with Gasteiger partial charge in [0.25, 0.3) is 9.06 Å². The fraction of sp³-hybridized carbons (Fsp3) is 0.167. The minimum atomic E-state index is -3.27. The molecule has 1 N–H and O–H groups in total. The van der Waals surface area contributed by atoms with Crippen LogP contribution in [0.4, 0.5) is 5.82 Å². The summed E-state index contributed by atoms with van der Waals surface area (Å²) in [6.45, 7) is 0. The SMILES string of the molecule is CSS(=O)(=O)Nc1ccccn1. The molecule has 0 fully saturated rings. The van der Waals surface area contributed by atoms with Gasteiger partial charge in [-0.15, -0.1) is 0 Å². The molecular formula is C6H8N2O2S2. The first-order chi connectivity index (χ1) is 5.64. The van der Waals surface area contributed by atoms with Gasteiger partial charge in [-0.2, -0.15) is 8.42 Å². The topological polar surface area (TPSA) is 59.1 Å². The molecule has 1 aromatic heterocycles. The fourth-order valence-electron chi connectivity index (χ4n) is 0.593. The van der Waals surface area contributed by atoms with Crippen LogP contribution in [0.25, 0.3) is 0 Å². The highest BCUT2D eigenvalue weighted by molar-refractivity contribution is 8.72. The third-order valence-corrected chi connectivity index (χ3v) is 3.58. The molecule has 0 unspecified atom stereocenters. The zero-order valence-corrected chi connectivity index (χ0v) is 8.02. The zero-order chi connectivity index (χ0) is 9.03. The van der Waals surface area contributed by atoms with E-state index < -0.39 is 9.06 Å². The summed E-state index contributed by atoms with van der Waals surface area (Å²) in [5.74, 6) is 0.340. The molecule has 12 heavy (non-hydrogen) atoms. The average molecular weight is 204 g/mol. The molecule has 0 aliphatic rings. The van der Waals surface area contributed by atoms with Crippen LogP contribution in [0.5, 0.6) is 0 Å². The maximum absolute atomic E-state index is 11.0. The van der Waals surface area contributed by atoms with Crippen LogP contribution in [-0.2, 0) is 9.06 Å². The Hall–Kier alpha value is -0.750. The smallest absolute Gasteiger partial charge is 0.259 e. The van der Waals surface area contributed by atoms with Gasteiger partial charge < -0.3 is 0 Å². The second-order valence-corrected chi connectivity index (χ2v) is 5.70. The van der Waals surface area contributed by atoms with Crippen LogP contribution in [0.1, 0.15) is 0 Å². The largest absolute Gasteiger partial charge is 0.287 e. The van der Waals surface area contributed by atoms with Gasteiger partial charge in [0, 0.05) is 6.20 Å². The number of rotatable bonds is 3. The number of hydrogen-bond acceptors (Lipinski definition) is 4. The number of nitrogens with zero attached hydrogens (tertiary/aromatic N) is 1. The molecule has 66 valence electrons. The molecule has 1 heterocycles. The summed E-state index contributed by atoms with van der Waals surface area (Å²) in [7, 11) is -2.53. The van der Waals surface area contributed by atoms with E-state index in [1.807, 2.05) is 0 Å². The molecule has 0 aliphatic heterocycles. The van der Waals surface area contributed by atoms with E-state index in [0.29, 0.717) is 5.82 Å². The Morgan fingerprint density at radius 3 is 2.75 bits per heavy atom. The molecule has 0 aliphatic carbocycles. The van der Waals surface area contributed by atoms with Crippen molar-refractivity contribution in [1.29, 1.82) is 0 Å². The molecule has 0 bridgehead atoms. The third-order valence-electron chi connectivity index (χ3n) is 1.11. The Labute approximate surface area is 74.8 Å². The summed E-state index contributed by atoms with van der Waals surface area (Å²) >= 11 is 0. The van der Waals surface area contributed by atoms with Crippen molar-refractivity contribution in [1.82, 2.24) is 4.98 Å². The Kier molecular flexibility index (Phi) is 2.93. The molecule has 0 spiro atoms. The number of aromatic nitrogens is 1. The number of anilines is 1. The van der Waals surface area contributed by atoms with Crippen molar-refractivity contribution >= 4 is 25.7 Å². The van der Waals surface area contributed by atoms with Crippen LogP contribution in [0.15, 0.2) is 24.4 Å². The van der Waals surface area contributed by atoms with Gasteiger partial charge >= 0.3 is 0 Å². The molecule has 6 heteroatoms. The summed E-state index contributed by atoms with van der Waals surface area (Å²) in [4.78, 5) is 3.81. The van der Waals surface area contributed by atoms with Gasteiger partial charge in [-0.3, -0.25) is 4.72 Å². The van der Waals surface area contributed by atoms with Gasteiger partial charge in [0.2, 0.25) is 0 Å². The van der Waals surface area contributed by atoms with Crippen molar-refractivity contribution < 1.29 is 8.42 Å². The van der Waals surface area contributed by atoms with Crippen LogP contribution >= 0.6 is 10.8 Å². The first-order valence-electron chi connectivity index (χ1n) is 3.13. The van der Waals surface area contributed by atoms with Crippen molar-refractivity contribution in [2.24, 2.45) is 0 Å². The van der Waals surface area contributed by atoms with Gasteiger partial charge in [-0.25, -0.2) is 4.98 Å². The molecule has 1 aromatic rings. The van der Waals surface area contributed by atoms with Gasteiger partial charge in [0.1, 0.15) is 5.82 Å². The Morgan fingerprint density at radius 1 is 1.50 bits per heavy atom. The second kappa shape index (κ2) is 3.77. The minimum Gasteiger partial charge on any atom is -0.259 e. The van der Waals surface area contributed by atoms with Crippen molar-refractivity contribution in [2.75, 3.05) is 11.0 Å². The monoisotopic (exact) mass is 204 g/mol. The standard InChI is InChI=1S/C6H8N2O2S2/c1-11-12(9,10)8-6-4-2-3-5-7-6/h2-5H,1H3,(H,7,8). The quantitative estimate of drug-likeness (QED) is 0.749. The average Bonchev–Trinajstić information content (AvgIpc) is 2.06. The number of hydrogen-bond donors (Lipinski definition) is 1. The highest BCUT2D eigenvalue weighted by atomic mass is 33.1. The zero-order valence-electron chi connectivity index (χ0n) is 6.39. The molecule has 0 saturated carbocycles. The lowest BCUT2D eigenvalue weighted by Crippen LogP contribution is -2.07. The lowest BCUT2D eigenvalue weighted by molar-refractivity contribution is 0.615. The maximum Gasteiger partial charge on any atom is 0.287 e. The van der Waals surface area contributed by atoms with E-state index in [1.165, 1.54) is 12.5 Å². The fourth-order valence-corrected chi connectivity index (χ4v) is 1.56. The van der Waals surface area contributed by atoms with E-state index in [9.17, 15) is 8.42 Å². The summed E-state index contributed by atoms with van der Waals surface area (Å²) in [5, 5.41) is 0. The first-order valence-corrected chi connectivity index (χ1v) is 6.36. The summed E-state index contributed by atoms with van der Waals surface area (Å²) in [6.07, 6.45) is 3.02. The number of nitrogens with one attached hydrogen (secondary N) is 1. The molecule has 0 radical (unpaired) electrons. The van der Waals surface area contributed by atoms with Gasteiger partial charge in [0.15, 0.2) is 0 Å². The highest BCUT2D eigenvalue weighted by Crippen LogP contribution is 2.11. The van der Waals surface area contributed by atoms with Crippen LogP contribution in [0, 0.1) is 0 Å². The van der Waals surface area contributed by atoms with Crippen LogP contribution in [-0.4, -0.2) is 19.7 Å². The number of pyridine rings is 1. The van der Waals surface area contributed by atoms with E-state index in [0.717, 1.165) is 10.8 Å². The van der Waals surface area contributed by atoms with Gasteiger partial charge in [-0.1, -0.05) is 6.07 Å². The van der Waals surface area contributed by atoms with Crippen molar-refractivity contribution in [3.63, 3.8) is 0 Å². The Balaban J connectivity index is 2.78. The molecule has 0 amide bonds. The van der Waals surface area contributed by atoms with Crippen molar-refractivity contribution in [3.8, 4) is 0 Å². The normalized spacial score (nSPS) is 11.1. The summed E-state index contributed by atoms with van der Waals surface area (Å²) in [6, 6.07) is 5.02. The molecule has 0 atom stereocenters. The van der Waals surface area contributed by atoms with Gasteiger partial charge in [0.05, 0.1) is 0 Å². The van der Waals surface area contributed by atoms with Crippen molar-refractivity contribution in [3.05, 3.63) is 24.4 Å². The van der Waals surface area contributed by atoms with Crippen molar-refractivity contribution in [2.45, 2.75) is 0 Å². The summed E-state index contributed by atoms with van der Waals surface area (Å²) in [5.41, 5.74) is 0. The molecule has 0 saturated heterocycles.